The summed E-state index contributed by atoms with van der Waals surface area (Å²) in [6, 6.07) is 7.69. The maximum atomic E-state index is 12.9. The van der Waals surface area contributed by atoms with Crippen LogP contribution >= 0.6 is 0 Å². The van der Waals surface area contributed by atoms with Gasteiger partial charge in [-0.3, -0.25) is 9.78 Å². The van der Waals surface area contributed by atoms with E-state index < -0.39 is 11.5 Å². The van der Waals surface area contributed by atoms with Crippen LogP contribution in [-0.4, -0.2) is 23.5 Å². The lowest BCUT2D eigenvalue weighted by atomic mass is 9.93. The third-order valence-electron chi connectivity index (χ3n) is 5.53. The molecule has 6 heteroatoms. The summed E-state index contributed by atoms with van der Waals surface area (Å²) in [7, 11) is 0. The van der Waals surface area contributed by atoms with Crippen molar-refractivity contribution in [2.75, 3.05) is 6.61 Å². The van der Waals surface area contributed by atoms with Crippen LogP contribution in [0.15, 0.2) is 47.3 Å². The molecule has 29 heavy (non-hydrogen) atoms. The van der Waals surface area contributed by atoms with Crippen molar-refractivity contribution < 1.29 is 18.7 Å². The number of carbonyl (C=O) groups excluding carboxylic acids is 2. The van der Waals surface area contributed by atoms with Crippen LogP contribution in [0.1, 0.15) is 42.5 Å². The van der Waals surface area contributed by atoms with Gasteiger partial charge in [-0.05, 0) is 62.4 Å². The van der Waals surface area contributed by atoms with Crippen molar-refractivity contribution >= 4 is 22.8 Å². The van der Waals surface area contributed by atoms with Crippen LogP contribution in [0.4, 0.5) is 0 Å². The minimum atomic E-state index is -1.32. The average Bonchev–Trinajstić information content (AvgIpc) is 3.33. The highest BCUT2D eigenvalue weighted by molar-refractivity contribution is 5.92. The van der Waals surface area contributed by atoms with Crippen LogP contribution < -0.4 is 5.32 Å². The zero-order chi connectivity index (χ0) is 20.4. The van der Waals surface area contributed by atoms with Crippen molar-refractivity contribution in [3.05, 3.63) is 65.2 Å². The Kier molecular flexibility index (Phi) is 5.09. The number of hydrogen-bond acceptors (Lipinski definition) is 5. The van der Waals surface area contributed by atoms with E-state index in [-0.39, 0.29) is 18.9 Å². The molecule has 1 aromatic carbocycles. The fraction of sp³-hybridized carbons (Fsp3) is 0.348. The highest BCUT2D eigenvalue weighted by atomic mass is 16.5. The molecule has 0 aliphatic heterocycles. The smallest absolute Gasteiger partial charge is 0.336 e. The number of pyridine rings is 1. The molecule has 2 aromatic heterocycles. The number of furan rings is 1. The molecular weight excluding hydrogens is 368 g/mol. The fourth-order valence-electron chi connectivity index (χ4n) is 3.96. The summed E-state index contributed by atoms with van der Waals surface area (Å²) in [6.07, 6.45) is 8.21. The molecule has 150 valence electrons. The molecule has 0 saturated heterocycles. The first-order valence-electron chi connectivity index (χ1n) is 9.92. The number of amides is 1. The number of carbonyl (C=O) groups is 2. The Morgan fingerprint density at radius 1 is 1.28 bits per heavy atom. The van der Waals surface area contributed by atoms with Crippen molar-refractivity contribution in [2.45, 2.75) is 45.1 Å². The standard InChI is InChI=1S/C23H24N2O4/c1-3-28-22(27)23(2,18-8-5-9-24-13-18)25-21(26)12-17-14-29-20-11-16-7-4-6-15(16)10-19(17)20/h5,8-11,13-14H,3-4,6-7,12H2,1-2H3,(H,25,26)/t23-/m1/s1. The lowest BCUT2D eigenvalue weighted by Crippen LogP contribution is -2.51. The molecule has 0 bridgehead atoms. The van der Waals surface area contributed by atoms with Gasteiger partial charge < -0.3 is 14.5 Å². The second kappa shape index (κ2) is 7.70. The van der Waals surface area contributed by atoms with E-state index in [9.17, 15) is 9.59 Å². The van der Waals surface area contributed by atoms with Crippen LogP contribution in [0, 0.1) is 0 Å². The van der Waals surface area contributed by atoms with Crippen LogP contribution in [-0.2, 0) is 39.1 Å². The molecule has 3 aromatic rings. The molecule has 0 radical (unpaired) electrons. The van der Waals surface area contributed by atoms with E-state index in [1.807, 2.05) is 0 Å². The molecule has 1 amide bonds. The van der Waals surface area contributed by atoms with E-state index in [0.717, 1.165) is 35.8 Å². The molecule has 1 N–H and O–H groups in total. The van der Waals surface area contributed by atoms with Gasteiger partial charge in [0.05, 0.1) is 19.3 Å². The number of aromatic nitrogens is 1. The average molecular weight is 392 g/mol. The SMILES string of the molecule is CCOC(=O)[C@](C)(NC(=O)Cc1coc2cc3c(cc12)CCC3)c1cccnc1. The van der Waals surface area contributed by atoms with Crippen molar-refractivity contribution in [1.29, 1.82) is 0 Å². The molecule has 1 atom stereocenters. The zero-order valence-electron chi connectivity index (χ0n) is 16.7. The summed E-state index contributed by atoms with van der Waals surface area (Å²) in [6.45, 7) is 3.60. The summed E-state index contributed by atoms with van der Waals surface area (Å²) in [5.41, 5.74) is 3.52. The van der Waals surface area contributed by atoms with Gasteiger partial charge in [-0.2, -0.15) is 0 Å². The highest BCUT2D eigenvalue weighted by Crippen LogP contribution is 2.31. The molecule has 2 heterocycles. The van der Waals surface area contributed by atoms with Crippen LogP contribution in [0.25, 0.3) is 11.0 Å². The second-order valence-corrected chi connectivity index (χ2v) is 7.54. The number of benzene rings is 1. The molecule has 0 fully saturated rings. The van der Waals surface area contributed by atoms with Gasteiger partial charge in [-0.25, -0.2) is 4.79 Å². The quantitative estimate of drug-likeness (QED) is 0.650. The van der Waals surface area contributed by atoms with E-state index in [1.54, 1.807) is 44.6 Å². The predicted molar refractivity (Wildman–Crippen MR) is 108 cm³/mol. The number of hydrogen-bond donors (Lipinski definition) is 1. The summed E-state index contributed by atoms with van der Waals surface area (Å²) in [5, 5.41) is 3.81. The normalized spacial score (nSPS) is 15.0. The summed E-state index contributed by atoms with van der Waals surface area (Å²) >= 11 is 0. The highest BCUT2D eigenvalue weighted by Gasteiger charge is 2.38. The summed E-state index contributed by atoms with van der Waals surface area (Å²) in [4.78, 5) is 29.6. The Balaban J connectivity index is 1.59. The first kappa shape index (κ1) is 19.2. The number of aryl methyl sites for hydroxylation is 2. The van der Waals surface area contributed by atoms with Crippen LogP contribution in [0.2, 0.25) is 0 Å². The van der Waals surface area contributed by atoms with Gasteiger partial charge >= 0.3 is 5.97 Å². The number of esters is 1. The lowest BCUT2D eigenvalue weighted by molar-refractivity contribution is -0.153. The molecule has 6 nitrogen and oxygen atoms in total. The Bertz CT molecular complexity index is 1060. The molecule has 0 spiro atoms. The molecular formula is C23H24N2O4. The third kappa shape index (κ3) is 3.62. The van der Waals surface area contributed by atoms with Gasteiger partial charge in [-0.15, -0.1) is 0 Å². The van der Waals surface area contributed by atoms with Crippen LogP contribution in [0.5, 0.6) is 0 Å². The number of ether oxygens (including phenoxy) is 1. The largest absolute Gasteiger partial charge is 0.464 e. The van der Waals surface area contributed by atoms with Crippen molar-refractivity contribution in [3.63, 3.8) is 0 Å². The number of rotatable bonds is 6. The first-order chi connectivity index (χ1) is 14.0. The topological polar surface area (TPSA) is 81.4 Å². The number of fused-ring (bicyclic) bond motifs is 2. The van der Waals surface area contributed by atoms with E-state index in [2.05, 4.69) is 22.4 Å². The minimum Gasteiger partial charge on any atom is -0.464 e. The number of nitrogens with zero attached hydrogens (tertiary/aromatic N) is 1. The van der Waals surface area contributed by atoms with Gasteiger partial charge in [0.15, 0.2) is 5.54 Å². The summed E-state index contributed by atoms with van der Waals surface area (Å²) < 4.78 is 10.9. The van der Waals surface area contributed by atoms with Crippen molar-refractivity contribution in [1.82, 2.24) is 10.3 Å². The van der Waals surface area contributed by atoms with Crippen molar-refractivity contribution in [3.8, 4) is 0 Å². The molecule has 0 unspecified atom stereocenters. The van der Waals surface area contributed by atoms with Gasteiger partial charge in [0, 0.05) is 28.9 Å². The third-order valence-corrected chi connectivity index (χ3v) is 5.53. The molecule has 1 aliphatic carbocycles. The molecule has 4 rings (SSSR count). The van der Waals surface area contributed by atoms with Crippen molar-refractivity contribution in [2.24, 2.45) is 0 Å². The van der Waals surface area contributed by atoms with E-state index in [0.29, 0.717) is 5.56 Å². The van der Waals surface area contributed by atoms with Gasteiger partial charge in [0.1, 0.15) is 5.58 Å². The Morgan fingerprint density at radius 2 is 2.07 bits per heavy atom. The molecule has 0 saturated carbocycles. The van der Waals surface area contributed by atoms with E-state index >= 15 is 0 Å². The maximum Gasteiger partial charge on any atom is 0.336 e. The van der Waals surface area contributed by atoms with E-state index in [1.165, 1.54) is 11.1 Å². The Labute approximate surface area is 169 Å². The first-order valence-corrected chi connectivity index (χ1v) is 9.92. The predicted octanol–water partition coefficient (Wildman–Crippen LogP) is 3.45. The van der Waals surface area contributed by atoms with Gasteiger partial charge in [-0.1, -0.05) is 6.07 Å². The van der Waals surface area contributed by atoms with E-state index in [4.69, 9.17) is 9.15 Å². The second-order valence-electron chi connectivity index (χ2n) is 7.54. The van der Waals surface area contributed by atoms with Crippen LogP contribution in [0.3, 0.4) is 0 Å². The Hall–Kier alpha value is -3.15. The summed E-state index contributed by atoms with van der Waals surface area (Å²) in [5.74, 6) is -0.802. The number of nitrogens with one attached hydrogen (secondary N) is 1. The zero-order valence-corrected chi connectivity index (χ0v) is 16.7. The van der Waals surface area contributed by atoms with Gasteiger partial charge in [0.2, 0.25) is 5.91 Å². The minimum absolute atomic E-state index is 0.112. The lowest BCUT2D eigenvalue weighted by Gasteiger charge is -2.28. The molecule has 1 aliphatic rings. The Morgan fingerprint density at radius 3 is 2.79 bits per heavy atom. The van der Waals surface area contributed by atoms with Gasteiger partial charge in [0.25, 0.3) is 0 Å². The maximum absolute atomic E-state index is 12.9. The monoisotopic (exact) mass is 392 g/mol. The fourth-order valence-corrected chi connectivity index (χ4v) is 3.96.